The van der Waals surface area contributed by atoms with E-state index in [1.165, 1.54) is 0 Å². The molecule has 1 aliphatic rings. The summed E-state index contributed by atoms with van der Waals surface area (Å²) in [5.74, 6) is 0.827. The fourth-order valence-electron chi connectivity index (χ4n) is 3.76. The van der Waals surface area contributed by atoms with Gasteiger partial charge in [0.15, 0.2) is 0 Å². The quantitative estimate of drug-likeness (QED) is 0.602. The van der Waals surface area contributed by atoms with Gasteiger partial charge < -0.3 is 14.3 Å². The van der Waals surface area contributed by atoms with Gasteiger partial charge in [-0.1, -0.05) is 36.4 Å². The third kappa shape index (κ3) is 2.11. The van der Waals surface area contributed by atoms with Crippen LogP contribution >= 0.6 is 0 Å². The maximum atomic E-state index is 13.0. The highest BCUT2D eigenvalue weighted by molar-refractivity contribution is 6.00. The Morgan fingerprint density at radius 3 is 2.68 bits per heavy atom. The number of furan rings is 1. The normalized spacial score (nSPS) is 16.6. The van der Waals surface area contributed by atoms with E-state index >= 15 is 0 Å². The zero-order valence-corrected chi connectivity index (χ0v) is 13.5. The molecule has 1 atom stereocenters. The van der Waals surface area contributed by atoms with Crippen LogP contribution in [0, 0.1) is 0 Å². The minimum atomic E-state index is -0.120. The molecule has 0 radical (unpaired) electrons. The second kappa shape index (κ2) is 5.38. The average molecular weight is 328 g/mol. The van der Waals surface area contributed by atoms with Crippen LogP contribution in [0.2, 0.25) is 0 Å². The van der Waals surface area contributed by atoms with Gasteiger partial charge in [0, 0.05) is 28.2 Å². The van der Waals surface area contributed by atoms with E-state index < -0.39 is 0 Å². The SMILES string of the molecule is O=C1c2ccccc2[C@@H](c2c[nH]c3ccccc23)N1Cc1ccco1. The summed E-state index contributed by atoms with van der Waals surface area (Å²) in [6.45, 7) is 0.449. The zero-order chi connectivity index (χ0) is 16.8. The van der Waals surface area contributed by atoms with Crippen molar-refractivity contribution >= 4 is 16.8 Å². The van der Waals surface area contributed by atoms with Gasteiger partial charge in [0.25, 0.3) is 5.91 Å². The highest BCUT2D eigenvalue weighted by Gasteiger charge is 2.38. The fraction of sp³-hybridized carbons (Fsp3) is 0.0952. The Balaban J connectivity index is 1.69. The van der Waals surface area contributed by atoms with E-state index in [4.69, 9.17) is 4.42 Å². The maximum absolute atomic E-state index is 13.0. The van der Waals surface area contributed by atoms with E-state index in [1.807, 2.05) is 59.6 Å². The number of aromatic nitrogens is 1. The van der Waals surface area contributed by atoms with E-state index in [-0.39, 0.29) is 11.9 Å². The number of carbonyl (C=O) groups excluding carboxylic acids is 1. The first-order valence-corrected chi connectivity index (χ1v) is 8.31. The molecule has 0 aliphatic carbocycles. The molecule has 0 saturated carbocycles. The molecule has 4 nitrogen and oxygen atoms in total. The number of nitrogens with one attached hydrogen (secondary N) is 1. The van der Waals surface area contributed by atoms with E-state index in [9.17, 15) is 4.79 Å². The molecular formula is C21H16N2O2. The molecule has 4 aromatic rings. The van der Waals surface area contributed by atoms with Crippen LogP contribution in [0.25, 0.3) is 10.9 Å². The van der Waals surface area contributed by atoms with Crippen molar-refractivity contribution in [1.82, 2.24) is 9.88 Å². The van der Waals surface area contributed by atoms with Gasteiger partial charge in [-0.3, -0.25) is 4.79 Å². The van der Waals surface area contributed by atoms with Crippen molar-refractivity contribution in [1.29, 1.82) is 0 Å². The smallest absolute Gasteiger partial charge is 0.255 e. The van der Waals surface area contributed by atoms with Crippen molar-refractivity contribution in [3.63, 3.8) is 0 Å². The number of para-hydroxylation sites is 1. The van der Waals surface area contributed by atoms with Crippen LogP contribution in [0.15, 0.2) is 77.5 Å². The van der Waals surface area contributed by atoms with Crippen molar-refractivity contribution in [3.05, 3.63) is 95.6 Å². The summed E-state index contributed by atoms with van der Waals surface area (Å²) in [5.41, 5.74) is 4.00. The van der Waals surface area contributed by atoms with Crippen molar-refractivity contribution in [3.8, 4) is 0 Å². The number of nitrogens with zero attached hydrogens (tertiary/aromatic N) is 1. The predicted molar refractivity (Wildman–Crippen MR) is 95.2 cm³/mol. The molecule has 0 spiro atoms. The lowest BCUT2D eigenvalue weighted by Crippen LogP contribution is -2.28. The van der Waals surface area contributed by atoms with Crippen molar-refractivity contribution < 1.29 is 9.21 Å². The van der Waals surface area contributed by atoms with Gasteiger partial charge in [0.1, 0.15) is 5.76 Å². The second-order valence-corrected chi connectivity index (χ2v) is 6.29. The Morgan fingerprint density at radius 2 is 1.80 bits per heavy atom. The van der Waals surface area contributed by atoms with Crippen molar-refractivity contribution in [2.75, 3.05) is 0 Å². The minimum absolute atomic E-state index is 0.0438. The number of amides is 1. The standard InChI is InChI=1S/C21H16N2O2/c24-21-17-9-2-1-8-16(17)20(23(21)13-14-6-5-11-25-14)18-12-22-19-10-4-3-7-15(18)19/h1-12,20,22H,13H2/t20-/m0/s1. The topological polar surface area (TPSA) is 49.2 Å². The van der Waals surface area contributed by atoms with E-state index in [1.54, 1.807) is 6.26 Å². The lowest BCUT2D eigenvalue weighted by molar-refractivity contribution is 0.0724. The highest BCUT2D eigenvalue weighted by Crippen LogP contribution is 2.41. The van der Waals surface area contributed by atoms with Crippen LogP contribution in [-0.4, -0.2) is 15.8 Å². The predicted octanol–water partition coefficient (Wildman–Crippen LogP) is 4.51. The minimum Gasteiger partial charge on any atom is -0.467 e. The van der Waals surface area contributed by atoms with Gasteiger partial charge in [-0.2, -0.15) is 0 Å². The first-order valence-electron chi connectivity index (χ1n) is 8.31. The molecule has 0 fully saturated rings. The first-order chi connectivity index (χ1) is 12.3. The summed E-state index contributed by atoms with van der Waals surface area (Å²) >= 11 is 0. The summed E-state index contributed by atoms with van der Waals surface area (Å²) in [4.78, 5) is 18.3. The van der Waals surface area contributed by atoms with Crippen LogP contribution in [0.1, 0.15) is 33.3 Å². The number of benzene rings is 2. The average Bonchev–Trinajstić information content (AvgIpc) is 3.36. The number of hydrogen-bond acceptors (Lipinski definition) is 2. The number of H-pyrrole nitrogens is 1. The van der Waals surface area contributed by atoms with Gasteiger partial charge in [-0.15, -0.1) is 0 Å². The summed E-state index contributed by atoms with van der Waals surface area (Å²) in [6, 6.07) is 19.7. The Bertz CT molecular complexity index is 1060. The number of rotatable bonds is 3. The van der Waals surface area contributed by atoms with Gasteiger partial charge in [-0.05, 0) is 29.8 Å². The zero-order valence-electron chi connectivity index (χ0n) is 13.5. The highest BCUT2D eigenvalue weighted by atomic mass is 16.3. The van der Waals surface area contributed by atoms with Crippen LogP contribution in [0.4, 0.5) is 0 Å². The molecule has 4 heteroatoms. The van der Waals surface area contributed by atoms with Crippen LogP contribution in [0.5, 0.6) is 0 Å². The molecule has 1 amide bonds. The lowest BCUT2D eigenvalue weighted by atomic mass is 9.97. The molecule has 0 saturated heterocycles. The summed E-state index contributed by atoms with van der Waals surface area (Å²) < 4.78 is 5.49. The molecule has 122 valence electrons. The van der Waals surface area contributed by atoms with Crippen molar-refractivity contribution in [2.24, 2.45) is 0 Å². The number of hydrogen-bond donors (Lipinski definition) is 1. The Kier molecular flexibility index (Phi) is 3.04. The van der Waals surface area contributed by atoms with Gasteiger partial charge in [0.05, 0.1) is 18.8 Å². The van der Waals surface area contributed by atoms with E-state index in [2.05, 4.69) is 17.1 Å². The fourth-order valence-corrected chi connectivity index (χ4v) is 3.76. The Hall–Kier alpha value is -3.27. The summed E-state index contributed by atoms with van der Waals surface area (Å²) in [7, 11) is 0. The Morgan fingerprint density at radius 1 is 0.960 bits per heavy atom. The van der Waals surface area contributed by atoms with Crippen LogP contribution in [-0.2, 0) is 6.54 Å². The molecule has 1 N–H and O–H groups in total. The Labute approximate surface area is 144 Å². The molecule has 25 heavy (non-hydrogen) atoms. The van der Waals surface area contributed by atoms with E-state index in [0.717, 1.165) is 33.4 Å². The maximum Gasteiger partial charge on any atom is 0.255 e. The van der Waals surface area contributed by atoms with Gasteiger partial charge in [-0.25, -0.2) is 0 Å². The van der Waals surface area contributed by atoms with E-state index in [0.29, 0.717) is 6.54 Å². The molecule has 5 rings (SSSR count). The number of carbonyl (C=O) groups is 1. The number of fused-ring (bicyclic) bond motifs is 2. The molecule has 1 aliphatic heterocycles. The molecule has 2 aromatic heterocycles. The molecule has 3 heterocycles. The summed E-state index contributed by atoms with van der Waals surface area (Å²) in [5, 5.41) is 1.14. The van der Waals surface area contributed by atoms with Crippen LogP contribution < -0.4 is 0 Å². The lowest BCUT2D eigenvalue weighted by Gasteiger charge is -2.24. The molecule has 0 bridgehead atoms. The molecule has 2 aromatic carbocycles. The largest absolute Gasteiger partial charge is 0.467 e. The monoisotopic (exact) mass is 328 g/mol. The number of aromatic amines is 1. The van der Waals surface area contributed by atoms with Crippen LogP contribution in [0.3, 0.4) is 0 Å². The summed E-state index contributed by atoms with van der Waals surface area (Å²) in [6.07, 6.45) is 3.66. The first kappa shape index (κ1) is 14.1. The third-order valence-corrected chi connectivity index (χ3v) is 4.88. The third-order valence-electron chi connectivity index (χ3n) is 4.88. The molecular weight excluding hydrogens is 312 g/mol. The van der Waals surface area contributed by atoms with Crippen molar-refractivity contribution in [2.45, 2.75) is 12.6 Å². The van der Waals surface area contributed by atoms with Gasteiger partial charge in [0.2, 0.25) is 0 Å². The molecule has 0 unspecified atom stereocenters. The second-order valence-electron chi connectivity index (χ2n) is 6.29. The van der Waals surface area contributed by atoms with Gasteiger partial charge >= 0.3 is 0 Å².